The maximum atomic E-state index is 14.9. The normalized spacial score (nSPS) is 21.9. The number of H-pyrrole nitrogens is 1. The fourth-order valence-electron chi connectivity index (χ4n) is 4.05. The summed E-state index contributed by atoms with van der Waals surface area (Å²) in [6.07, 6.45) is -5.23. The molecule has 1 fully saturated rings. The van der Waals surface area contributed by atoms with E-state index in [9.17, 15) is 23.9 Å². The number of aliphatic hydroxyl groups is 1. The number of nitrogens with one attached hydrogen (secondary N) is 2. The van der Waals surface area contributed by atoms with Crippen molar-refractivity contribution in [1.82, 2.24) is 14.9 Å². The Kier molecular flexibility index (Phi) is 7.73. The SMILES string of the molecule is COC(=O)[C@H](C)NC(O)(OC[C@H]1O[C@@H](n2cc(C)c(=O)[nH]c2=O)C[C@@H]1F)Oc1cccc2ccccc12. The third kappa shape index (κ3) is 5.88. The Hall–Kier alpha value is -3.58. The zero-order valence-electron chi connectivity index (χ0n) is 20.5. The summed E-state index contributed by atoms with van der Waals surface area (Å²) < 4.78 is 37.7. The fraction of sp³-hybridized carbons (Fsp3) is 0.400. The van der Waals surface area contributed by atoms with Crippen molar-refractivity contribution in [2.75, 3.05) is 13.7 Å². The highest BCUT2D eigenvalue weighted by Crippen LogP contribution is 2.32. The lowest BCUT2D eigenvalue weighted by atomic mass is 10.1. The number of methoxy groups -OCH3 is 1. The smallest absolute Gasteiger partial charge is 0.395 e. The zero-order chi connectivity index (χ0) is 26.7. The molecule has 0 spiro atoms. The number of aromatic nitrogens is 2. The lowest BCUT2D eigenvalue weighted by Crippen LogP contribution is -2.58. The molecule has 0 radical (unpaired) electrons. The van der Waals surface area contributed by atoms with Gasteiger partial charge in [-0.2, -0.15) is 0 Å². The molecule has 3 aromatic rings. The van der Waals surface area contributed by atoms with Crippen molar-refractivity contribution in [2.24, 2.45) is 0 Å². The first-order chi connectivity index (χ1) is 17.6. The number of benzene rings is 2. The van der Waals surface area contributed by atoms with E-state index >= 15 is 0 Å². The minimum absolute atomic E-state index is 0.186. The Morgan fingerprint density at radius 2 is 2.03 bits per heavy atom. The van der Waals surface area contributed by atoms with E-state index in [0.29, 0.717) is 5.39 Å². The largest absolute Gasteiger partial charge is 0.468 e. The van der Waals surface area contributed by atoms with E-state index < -0.39 is 54.5 Å². The number of halogens is 1. The third-order valence-electron chi connectivity index (χ3n) is 6.01. The summed E-state index contributed by atoms with van der Waals surface area (Å²) in [7, 11) is 1.19. The Balaban J connectivity index is 1.54. The molecule has 0 bridgehead atoms. The van der Waals surface area contributed by atoms with Gasteiger partial charge in [-0.25, -0.2) is 14.5 Å². The second-order valence-electron chi connectivity index (χ2n) is 8.72. The summed E-state index contributed by atoms with van der Waals surface area (Å²) >= 11 is 0. The topological polar surface area (TPSA) is 141 Å². The van der Waals surface area contributed by atoms with E-state index in [4.69, 9.17) is 18.9 Å². The number of aromatic amines is 1. The Bertz CT molecular complexity index is 1390. The van der Waals surface area contributed by atoms with Crippen LogP contribution in [-0.4, -0.2) is 58.8 Å². The second-order valence-corrected chi connectivity index (χ2v) is 8.72. The summed E-state index contributed by atoms with van der Waals surface area (Å²) in [4.78, 5) is 38.0. The Labute approximate surface area is 210 Å². The predicted octanol–water partition coefficient (Wildman–Crippen LogP) is 1.47. The molecule has 1 saturated heterocycles. The van der Waals surface area contributed by atoms with Crippen LogP contribution in [0.5, 0.6) is 5.75 Å². The average Bonchev–Trinajstić information content (AvgIpc) is 3.24. The summed E-state index contributed by atoms with van der Waals surface area (Å²) in [5, 5.41) is 15.3. The molecule has 11 nitrogen and oxygen atoms in total. The predicted molar refractivity (Wildman–Crippen MR) is 130 cm³/mol. The minimum Gasteiger partial charge on any atom is -0.468 e. The highest BCUT2D eigenvalue weighted by Gasteiger charge is 2.42. The Morgan fingerprint density at radius 3 is 2.78 bits per heavy atom. The molecule has 0 aliphatic carbocycles. The number of nitrogens with zero attached hydrogens (tertiary/aromatic N) is 1. The number of hydrogen-bond donors (Lipinski definition) is 3. The number of alkyl halides is 1. The van der Waals surface area contributed by atoms with Crippen LogP contribution in [0.25, 0.3) is 10.8 Å². The van der Waals surface area contributed by atoms with Crippen LogP contribution in [0.15, 0.2) is 58.3 Å². The van der Waals surface area contributed by atoms with Crippen molar-refractivity contribution < 1.29 is 33.2 Å². The lowest BCUT2D eigenvalue weighted by molar-refractivity contribution is -0.347. The molecule has 0 saturated carbocycles. The van der Waals surface area contributed by atoms with Gasteiger partial charge in [0.1, 0.15) is 30.3 Å². The van der Waals surface area contributed by atoms with Gasteiger partial charge in [0.25, 0.3) is 5.56 Å². The van der Waals surface area contributed by atoms with Gasteiger partial charge in [-0.3, -0.25) is 19.1 Å². The highest BCUT2D eigenvalue weighted by molar-refractivity contribution is 5.88. The molecular formula is C25H28FN3O8. The van der Waals surface area contributed by atoms with Crippen molar-refractivity contribution in [3.8, 4) is 5.75 Å². The van der Waals surface area contributed by atoms with Crippen molar-refractivity contribution in [3.63, 3.8) is 0 Å². The standard InChI is InChI=1S/C25H28FN3O8/c1-14-12-29(24(32)27-22(14)30)21-11-18(26)20(36-21)13-35-25(33,28-15(2)23(31)34-3)37-19-10-6-8-16-7-4-5-9-17(16)19/h4-10,12,15,18,20-21,28,33H,11,13H2,1-3H3,(H,27,30,32)/t15-,18-,20+,21+,25?/m0/s1. The third-order valence-corrected chi connectivity index (χ3v) is 6.01. The number of carbonyl (C=O) groups excluding carboxylic acids is 1. The summed E-state index contributed by atoms with van der Waals surface area (Å²) in [6, 6.07) is 11.4. The van der Waals surface area contributed by atoms with Crippen LogP contribution >= 0.6 is 0 Å². The number of fused-ring (bicyclic) bond motifs is 1. The fourth-order valence-corrected chi connectivity index (χ4v) is 4.05. The molecular weight excluding hydrogens is 489 g/mol. The van der Waals surface area contributed by atoms with E-state index in [-0.39, 0.29) is 17.7 Å². The quantitative estimate of drug-likeness (QED) is 0.284. The monoisotopic (exact) mass is 517 g/mol. The molecule has 3 N–H and O–H groups in total. The van der Waals surface area contributed by atoms with Gasteiger partial charge in [0.05, 0.1) is 13.7 Å². The average molecular weight is 518 g/mol. The molecule has 2 aromatic carbocycles. The molecule has 1 aliphatic heterocycles. The van der Waals surface area contributed by atoms with Crippen molar-refractivity contribution >= 4 is 16.7 Å². The van der Waals surface area contributed by atoms with Gasteiger partial charge in [-0.15, -0.1) is 0 Å². The van der Waals surface area contributed by atoms with Crippen LogP contribution in [0.2, 0.25) is 0 Å². The van der Waals surface area contributed by atoms with Crippen LogP contribution in [0.4, 0.5) is 4.39 Å². The number of esters is 1. The molecule has 12 heteroatoms. The zero-order valence-corrected chi connectivity index (χ0v) is 20.5. The summed E-state index contributed by atoms with van der Waals surface area (Å²) in [6.45, 7) is 2.44. The Morgan fingerprint density at radius 1 is 1.30 bits per heavy atom. The molecule has 4 rings (SSSR count). The molecule has 198 valence electrons. The minimum atomic E-state index is -2.58. The number of carbonyl (C=O) groups is 1. The first kappa shape index (κ1) is 26.5. The molecule has 0 amide bonds. The number of aryl methyl sites for hydroxylation is 1. The van der Waals surface area contributed by atoms with Gasteiger partial charge in [0, 0.05) is 23.6 Å². The first-order valence-corrected chi connectivity index (χ1v) is 11.6. The van der Waals surface area contributed by atoms with Gasteiger partial charge in [0.2, 0.25) is 0 Å². The maximum absolute atomic E-state index is 14.9. The van der Waals surface area contributed by atoms with Crippen LogP contribution in [0.1, 0.15) is 25.1 Å². The lowest BCUT2D eigenvalue weighted by Gasteiger charge is -2.32. The molecule has 2 heterocycles. The van der Waals surface area contributed by atoms with E-state index in [1.807, 2.05) is 18.2 Å². The second kappa shape index (κ2) is 10.8. The van der Waals surface area contributed by atoms with E-state index in [1.165, 1.54) is 27.2 Å². The van der Waals surface area contributed by atoms with Crippen LogP contribution in [0.3, 0.4) is 0 Å². The van der Waals surface area contributed by atoms with Gasteiger partial charge >= 0.3 is 17.8 Å². The summed E-state index contributed by atoms with van der Waals surface area (Å²) in [5.74, 6) is -0.459. The van der Waals surface area contributed by atoms with Gasteiger partial charge < -0.3 is 24.1 Å². The van der Waals surface area contributed by atoms with Crippen molar-refractivity contribution in [1.29, 1.82) is 0 Å². The van der Waals surface area contributed by atoms with Gasteiger partial charge in [-0.1, -0.05) is 36.4 Å². The molecule has 1 unspecified atom stereocenters. The maximum Gasteiger partial charge on any atom is 0.395 e. The number of rotatable bonds is 9. The first-order valence-electron chi connectivity index (χ1n) is 11.6. The van der Waals surface area contributed by atoms with Gasteiger partial charge in [-0.05, 0) is 25.3 Å². The molecule has 1 aromatic heterocycles. The van der Waals surface area contributed by atoms with E-state index in [1.54, 1.807) is 24.3 Å². The number of ether oxygens (including phenoxy) is 4. The van der Waals surface area contributed by atoms with Crippen LogP contribution in [-0.2, 0) is 19.0 Å². The van der Waals surface area contributed by atoms with Gasteiger partial charge in [0.15, 0.2) is 0 Å². The molecule has 5 atom stereocenters. The van der Waals surface area contributed by atoms with Crippen LogP contribution < -0.4 is 21.3 Å². The van der Waals surface area contributed by atoms with E-state index in [0.717, 1.165) is 9.95 Å². The van der Waals surface area contributed by atoms with Crippen LogP contribution in [0, 0.1) is 6.92 Å². The number of hydrogen-bond acceptors (Lipinski definition) is 9. The highest BCUT2D eigenvalue weighted by atomic mass is 19.1. The summed E-state index contributed by atoms with van der Waals surface area (Å²) in [5.41, 5.74) is -1.02. The van der Waals surface area contributed by atoms with E-state index in [2.05, 4.69) is 10.3 Å². The molecule has 37 heavy (non-hydrogen) atoms. The van der Waals surface area contributed by atoms with Crippen molar-refractivity contribution in [2.45, 2.75) is 50.9 Å². The van der Waals surface area contributed by atoms with Crippen molar-refractivity contribution in [3.05, 3.63) is 75.1 Å². The molecule has 1 aliphatic rings.